The topological polar surface area (TPSA) is 54.7 Å². The van der Waals surface area contributed by atoms with Crippen molar-refractivity contribution >= 4 is 5.82 Å². The average Bonchev–Trinajstić information content (AvgIpc) is 2.70. The van der Waals surface area contributed by atoms with E-state index in [9.17, 15) is 0 Å². The van der Waals surface area contributed by atoms with Gasteiger partial charge in [0, 0.05) is 11.3 Å². The normalized spacial score (nSPS) is 13.4. The first kappa shape index (κ1) is 14.6. The van der Waals surface area contributed by atoms with Gasteiger partial charge in [-0.1, -0.05) is 52.0 Å². The van der Waals surface area contributed by atoms with Gasteiger partial charge in [-0.25, -0.2) is 0 Å². The van der Waals surface area contributed by atoms with Crippen LogP contribution in [-0.4, -0.2) is 10.2 Å². The van der Waals surface area contributed by atoms with Gasteiger partial charge in [0.2, 0.25) is 0 Å². The third-order valence-electron chi connectivity index (χ3n) is 4.27. The van der Waals surface area contributed by atoms with E-state index >= 15 is 0 Å². The molecule has 0 saturated heterocycles. The van der Waals surface area contributed by atoms with Crippen molar-refractivity contribution < 1.29 is 0 Å². The highest BCUT2D eigenvalue weighted by Crippen LogP contribution is 2.35. The molecule has 3 nitrogen and oxygen atoms in total. The zero-order valence-electron chi connectivity index (χ0n) is 13.1. The van der Waals surface area contributed by atoms with Gasteiger partial charge < -0.3 is 5.73 Å². The molecule has 1 atom stereocenters. The molecule has 3 heteroatoms. The van der Waals surface area contributed by atoms with E-state index in [-0.39, 0.29) is 5.41 Å². The second-order valence-corrected chi connectivity index (χ2v) is 6.75. The molecule has 0 aliphatic heterocycles. The number of aryl methyl sites for hydroxylation is 1. The Morgan fingerprint density at radius 1 is 1.25 bits per heavy atom. The molecule has 1 aromatic heterocycles. The molecular weight excluding hydrogens is 246 g/mol. The summed E-state index contributed by atoms with van der Waals surface area (Å²) in [5, 5.41) is 7.35. The molecule has 0 aliphatic carbocycles. The summed E-state index contributed by atoms with van der Waals surface area (Å²) in [6.07, 6.45) is 0.956. The molecule has 0 aliphatic rings. The zero-order valence-corrected chi connectivity index (χ0v) is 13.1. The lowest BCUT2D eigenvalue weighted by Gasteiger charge is -2.27. The van der Waals surface area contributed by atoms with E-state index in [1.54, 1.807) is 0 Å². The van der Waals surface area contributed by atoms with Gasteiger partial charge in [-0.05, 0) is 35.8 Å². The molecular formula is C17H25N3. The van der Waals surface area contributed by atoms with Gasteiger partial charge >= 0.3 is 0 Å². The highest BCUT2D eigenvalue weighted by Gasteiger charge is 2.23. The van der Waals surface area contributed by atoms with Crippen LogP contribution in [0.25, 0.3) is 11.1 Å². The fraction of sp³-hybridized carbons (Fsp3) is 0.471. The molecule has 2 aromatic rings. The van der Waals surface area contributed by atoms with Crippen molar-refractivity contribution in [3.05, 3.63) is 35.5 Å². The molecule has 1 unspecified atom stereocenters. The van der Waals surface area contributed by atoms with Gasteiger partial charge in [-0.3, -0.25) is 5.10 Å². The van der Waals surface area contributed by atoms with Crippen molar-refractivity contribution in [3.63, 3.8) is 0 Å². The highest BCUT2D eigenvalue weighted by molar-refractivity contribution is 5.78. The molecule has 108 valence electrons. The smallest absolute Gasteiger partial charge is 0.153 e. The summed E-state index contributed by atoms with van der Waals surface area (Å²) in [6, 6.07) is 8.32. The lowest BCUT2D eigenvalue weighted by molar-refractivity contribution is 0.258. The molecule has 20 heavy (non-hydrogen) atoms. The maximum atomic E-state index is 6.08. The number of aromatic nitrogens is 2. The molecule has 0 saturated carbocycles. The van der Waals surface area contributed by atoms with Crippen molar-refractivity contribution in [2.75, 3.05) is 5.73 Å². The number of rotatable bonds is 3. The van der Waals surface area contributed by atoms with Crippen molar-refractivity contribution in [1.82, 2.24) is 10.2 Å². The van der Waals surface area contributed by atoms with E-state index < -0.39 is 0 Å². The lowest BCUT2D eigenvalue weighted by atomic mass is 9.79. The molecule has 0 radical (unpaired) electrons. The number of hydrogen-bond donors (Lipinski definition) is 2. The van der Waals surface area contributed by atoms with Gasteiger partial charge in [0.1, 0.15) is 0 Å². The van der Waals surface area contributed by atoms with Gasteiger partial charge in [0.25, 0.3) is 0 Å². The van der Waals surface area contributed by atoms with Crippen LogP contribution in [0.3, 0.4) is 0 Å². The van der Waals surface area contributed by atoms with Crippen LogP contribution >= 0.6 is 0 Å². The first-order chi connectivity index (χ1) is 9.30. The van der Waals surface area contributed by atoms with Crippen LogP contribution in [0.2, 0.25) is 0 Å². The van der Waals surface area contributed by atoms with Crippen molar-refractivity contribution in [3.8, 4) is 11.1 Å². The number of H-pyrrole nitrogens is 1. The number of benzene rings is 1. The number of nitrogens with two attached hydrogens (primary N) is 1. The SMILES string of the molecule is Cc1ccccc1-c1c(N)n[nH]c1CC(C)C(C)(C)C. The summed E-state index contributed by atoms with van der Waals surface area (Å²) >= 11 is 0. The third-order valence-corrected chi connectivity index (χ3v) is 4.27. The molecule has 1 aromatic carbocycles. The average molecular weight is 271 g/mol. The standard InChI is InChI=1S/C17H25N3/c1-11-8-6-7-9-13(11)15-14(19-20-16(15)18)10-12(2)17(3,4)5/h6-9,12H,10H2,1-5H3,(H3,18,19,20). The van der Waals surface area contributed by atoms with Crippen LogP contribution in [0, 0.1) is 18.3 Å². The molecule has 0 fully saturated rings. The molecule has 0 bridgehead atoms. The molecule has 3 N–H and O–H groups in total. The fourth-order valence-electron chi connectivity index (χ4n) is 2.31. The molecule has 0 spiro atoms. The van der Waals surface area contributed by atoms with E-state index in [0.29, 0.717) is 11.7 Å². The Labute approximate surface area is 121 Å². The minimum Gasteiger partial charge on any atom is -0.382 e. The summed E-state index contributed by atoms with van der Waals surface area (Å²) in [6.45, 7) is 11.2. The Bertz CT molecular complexity index is 591. The number of nitrogens with zero attached hydrogens (tertiary/aromatic N) is 1. The van der Waals surface area contributed by atoms with E-state index in [1.165, 1.54) is 11.1 Å². The molecule has 0 amide bonds. The maximum absolute atomic E-state index is 6.08. The van der Waals surface area contributed by atoms with Crippen LogP contribution in [0.5, 0.6) is 0 Å². The third kappa shape index (κ3) is 2.87. The summed E-state index contributed by atoms with van der Waals surface area (Å²) in [5.74, 6) is 1.14. The van der Waals surface area contributed by atoms with Gasteiger partial charge in [0.05, 0.1) is 0 Å². The Hall–Kier alpha value is -1.77. The Morgan fingerprint density at radius 2 is 1.90 bits per heavy atom. The van der Waals surface area contributed by atoms with Crippen LogP contribution < -0.4 is 5.73 Å². The van der Waals surface area contributed by atoms with E-state index in [1.807, 2.05) is 12.1 Å². The lowest BCUT2D eigenvalue weighted by Crippen LogP contribution is -2.19. The second-order valence-electron chi connectivity index (χ2n) is 6.75. The highest BCUT2D eigenvalue weighted by atomic mass is 15.2. The van der Waals surface area contributed by atoms with Crippen molar-refractivity contribution in [2.45, 2.75) is 41.0 Å². The molecule has 2 rings (SSSR count). The maximum Gasteiger partial charge on any atom is 0.153 e. The summed E-state index contributed by atoms with van der Waals surface area (Å²) in [7, 11) is 0. The van der Waals surface area contributed by atoms with Gasteiger partial charge in [0.15, 0.2) is 5.82 Å². The minimum absolute atomic E-state index is 0.267. The van der Waals surface area contributed by atoms with E-state index in [0.717, 1.165) is 17.7 Å². The Kier molecular flexibility index (Phi) is 3.89. The molecule has 1 heterocycles. The van der Waals surface area contributed by atoms with Gasteiger partial charge in [-0.15, -0.1) is 0 Å². The Balaban J connectivity index is 2.41. The van der Waals surface area contributed by atoms with Crippen LogP contribution in [0.15, 0.2) is 24.3 Å². The zero-order chi connectivity index (χ0) is 14.9. The summed E-state index contributed by atoms with van der Waals surface area (Å²) < 4.78 is 0. The first-order valence-corrected chi connectivity index (χ1v) is 7.19. The predicted octanol–water partition coefficient (Wildman–Crippen LogP) is 4.19. The number of nitrogen functional groups attached to an aromatic ring is 1. The minimum atomic E-state index is 0.267. The summed E-state index contributed by atoms with van der Waals surface area (Å²) in [4.78, 5) is 0. The van der Waals surface area contributed by atoms with E-state index in [4.69, 9.17) is 5.73 Å². The van der Waals surface area contributed by atoms with Gasteiger partial charge in [-0.2, -0.15) is 5.10 Å². The van der Waals surface area contributed by atoms with Crippen molar-refractivity contribution in [1.29, 1.82) is 0 Å². The second kappa shape index (κ2) is 5.31. The largest absolute Gasteiger partial charge is 0.382 e. The summed E-state index contributed by atoms with van der Waals surface area (Å²) in [5.41, 5.74) is 11.0. The quantitative estimate of drug-likeness (QED) is 0.879. The number of aromatic amines is 1. The predicted molar refractivity (Wildman–Crippen MR) is 85.5 cm³/mol. The number of anilines is 1. The van der Waals surface area contributed by atoms with Crippen LogP contribution in [-0.2, 0) is 6.42 Å². The first-order valence-electron chi connectivity index (χ1n) is 7.19. The Morgan fingerprint density at radius 3 is 2.50 bits per heavy atom. The van der Waals surface area contributed by atoms with Crippen LogP contribution in [0.1, 0.15) is 39.0 Å². The fourth-order valence-corrected chi connectivity index (χ4v) is 2.31. The van der Waals surface area contributed by atoms with Crippen molar-refractivity contribution in [2.24, 2.45) is 11.3 Å². The number of nitrogens with one attached hydrogen (secondary N) is 1. The van der Waals surface area contributed by atoms with E-state index in [2.05, 4.69) is 56.9 Å². The van der Waals surface area contributed by atoms with Crippen LogP contribution in [0.4, 0.5) is 5.82 Å². The number of hydrogen-bond acceptors (Lipinski definition) is 2. The monoisotopic (exact) mass is 271 g/mol.